The molecule has 0 N–H and O–H groups in total. The van der Waals surface area contributed by atoms with Gasteiger partial charge in [0.25, 0.3) is 0 Å². The maximum absolute atomic E-state index is 8.72. The Bertz CT molecular complexity index is 181. The summed E-state index contributed by atoms with van der Waals surface area (Å²) in [5, 5.41) is 8.72. The molecule has 1 aliphatic carbocycles. The highest BCUT2D eigenvalue weighted by atomic mass is 17.2. The van der Waals surface area contributed by atoms with Gasteiger partial charge >= 0.3 is 0 Å². The third-order valence-corrected chi connectivity index (χ3v) is 2.55. The molecule has 1 fully saturated rings. The molecule has 0 aromatic rings. The fourth-order valence-corrected chi connectivity index (χ4v) is 1.24. The Morgan fingerprint density at radius 2 is 2.17 bits per heavy atom. The van der Waals surface area contributed by atoms with E-state index in [1.165, 1.54) is 0 Å². The highest BCUT2D eigenvalue weighted by Crippen LogP contribution is 2.51. The van der Waals surface area contributed by atoms with E-state index in [4.69, 9.17) is 15.0 Å². The first kappa shape index (κ1) is 9.50. The van der Waals surface area contributed by atoms with Gasteiger partial charge in [-0.2, -0.15) is 5.26 Å². The molecule has 12 heavy (non-hydrogen) atoms. The van der Waals surface area contributed by atoms with Gasteiger partial charge in [-0.15, -0.1) is 0 Å². The highest BCUT2D eigenvalue weighted by Gasteiger charge is 2.48. The van der Waals surface area contributed by atoms with E-state index in [0.29, 0.717) is 13.2 Å². The smallest absolute Gasteiger partial charge is 0.0891 e. The van der Waals surface area contributed by atoms with E-state index >= 15 is 0 Å². The molecule has 68 valence electrons. The summed E-state index contributed by atoms with van der Waals surface area (Å²) in [6.45, 7) is 4.96. The molecule has 0 saturated heterocycles. The summed E-state index contributed by atoms with van der Waals surface area (Å²) in [5.74, 6) is 0.0814. The van der Waals surface area contributed by atoms with Crippen molar-refractivity contribution in [3.05, 3.63) is 0 Å². The molecule has 1 atom stereocenters. The van der Waals surface area contributed by atoms with Crippen molar-refractivity contribution in [2.45, 2.75) is 26.7 Å². The van der Waals surface area contributed by atoms with Gasteiger partial charge in [0.05, 0.1) is 25.2 Å². The minimum atomic E-state index is 0.0814. The molecular weight excluding hydrogens is 154 g/mol. The lowest BCUT2D eigenvalue weighted by Gasteiger charge is -2.15. The number of nitriles is 1. The summed E-state index contributed by atoms with van der Waals surface area (Å²) in [4.78, 5) is 9.78. The van der Waals surface area contributed by atoms with Crippen molar-refractivity contribution in [1.82, 2.24) is 0 Å². The predicted molar refractivity (Wildman–Crippen MR) is 44.0 cm³/mol. The van der Waals surface area contributed by atoms with Crippen molar-refractivity contribution in [3.63, 3.8) is 0 Å². The maximum atomic E-state index is 8.72. The lowest BCUT2D eigenvalue weighted by molar-refractivity contribution is -0.301. The molecule has 0 aliphatic heterocycles. The van der Waals surface area contributed by atoms with E-state index in [1.807, 2.05) is 13.8 Å². The number of nitrogens with zero attached hydrogens (tertiary/aromatic N) is 1. The van der Waals surface area contributed by atoms with Crippen LogP contribution in [0, 0.1) is 22.7 Å². The van der Waals surface area contributed by atoms with Crippen molar-refractivity contribution in [2.24, 2.45) is 11.3 Å². The Labute approximate surface area is 73.2 Å². The number of hydrogen-bond donors (Lipinski definition) is 0. The molecule has 0 spiro atoms. The third kappa shape index (κ3) is 1.96. The zero-order chi connectivity index (χ0) is 9.03. The van der Waals surface area contributed by atoms with Gasteiger partial charge in [-0.25, -0.2) is 9.78 Å². The molecule has 3 nitrogen and oxygen atoms in total. The topological polar surface area (TPSA) is 42.2 Å². The minimum absolute atomic E-state index is 0.0814. The van der Waals surface area contributed by atoms with Gasteiger partial charge in [0.2, 0.25) is 0 Å². The SMILES string of the molecule is CCOOCC1(C(C)C#N)CC1. The van der Waals surface area contributed by atoms with Gasteiger partial charge < -0.3 is 0 Å². The molecule has 0 heterocycles. The van der Waals surface area contributed by atoms with E-state index in [2.05, 4.69) is 6.07 Å². The van der Waals surface area contributed by atoms with E-state index in [0.717, 1.165) is 12.8 Å². The standard InChI is InChI=1S/C9H15NO2/c1-3-11-12-7-9(4-5-9)8(2)6-10/h8H,3-5,7H2,1-2H3. The maximum Gasteiger partial charge on any atom is 0.0891 e. The van der Waals surface area contributed by atoms with Gasteiger partial charge in [-0.05, 0) is 26.7 Å². The van der Waals surface area contributed by atoms with E-state index < -0.39 is 0 Å². The van der Waals surface area contributed by atoms with E-state index in [9.17, 15) is 0 Å². The van der Waals surface area contributed by atoms with Crippen LogP contribution in [-0.4, -0.2) is 13.2 Å². The summed E-state index contributed by atoms with van der Waals surface area (Å²) >= 11 is 0. The third-order valence-electron chi connectivity index (χ3n) is 2.55. The van der Waals surface area contributed by atoms with Gasteiger partial charge in [0.1, 0.15) is 0 Å². The van der Waals surface area contributed by atoms with Crippen molar-refractivity contribution < 1.29 is 9.78 Å². The lowest BCUT2D eigenvalue weighted by Crippen LogP contribution is -2.18. The molecular formula is C9H15NO2. The second kappa shape index (κ2) is 3.88. The predicted octanol–water partition coefficient (Wildman–Crippen LogP) is 1.89. The minimum Gasteiger partial charge on any atom is -0.237 e. The van der Waals surface area contributed by atoms with Crippen LogP contribution >= 0.6 is 0 Å². The largest absolute Gasteiger partial charge is 0.237 e. The molecule has 0 bridgehead atoms. The molecule has 3 heteroatoms. The summed E-state index contributed by atoms with van der Waals surface area (Å²) in [6.07, 6.45) is 2.18. The fourth-order valence-electron chi connectivity index (χ4n) is 1.24. The van der Waals surface area contributed by atoms with Crippen LogP contribution in [0.1, 0.15) is 26.7 Å². The molecule has 0 aromatic carbocycles. The first-order valence-corrected chi connectivity index (χ1v) is 4.39. The van der Waals surface area contributed by atoms with Crippen LogP contribution in [0.15, 0.2) is 0 Å². The molecule has 1 aliphatic rings. The molecule has 0 amide bonds. The van der Waals surface area contributed by atoms with Crippen LogP contribution in [0.25, 0.3) is 0 Å². The van der Waals surface area contributed by atoms with Gasteiger partial charge in [0.15, 0.2) is 0 Å². The quantitative estimate of drug-likeness (QED) is 0.358. The normalized spacial score (nSPS) is 21.4. The molecule has 0 aromatic heterocycles. The first-order valence-electron chi connectivity index (χ1n) is 4.39. The molecule has 1 unspecified atom stereocenters. The Morgan fingerprint density at radius 3 is 2.58 bits per heavy atom. The Balaban J connectivity index is 2.26. The monoisotopic (exact) mass is 169 g/mol. The van der Waals surface area contributed by atoms with Gasteiger partial charge in [0, 0.05) is 5.41 Å². The summed E-state index contributed by atoms with van der Waals surface area (Å²) in [5.41, 5.74) is 0.101. The Hall–Kier alpha value is -0.590. The highest BCUT2D eigenvalue weighted by molar-refractivity contribution is 5.04. The van der Waals surface area contributed by atoms with Crippen molar-refractivity contribution in [3.8, 4) is 6.07 Å². The second-order valence-corrected chi connectivity index (χ2v) is 3.38. The molecule has 1 rings (SSSR count). The van der Waals surface area contributed by atoms with Crippen LogP contribution < -0.4 is 0 Å². The van der Waals surface area contributed by atoms with E-state index in [1.54, 1.807) is 0 Å². The molecule has 1 saturated carbocycles. The Morgan fingerprint density at radius 1 is 1.50 bits per heavy atom. The average Bonchev–Trinajstić information content (AvgIpc) is 2.85. The van der Waals surface area contributed by atoms with Crippen LogP contribution in [-0.2, 0) is 9.78 Å². The Kier molecular flexibility index (Phi) is 3.07. The lowest BCUT2D eigenvalue weighted by atomic mass is 9.93. The summed E-state index contributed by atoms with van der Waals surface area (Å²) in [7, 11) is 0. The fraction of sp³-hybridized carbons (Fsp3) is 0.889. The van der Waals surface area contributed by atoms with Crippen LogP contribution in [0.2, 0.25) is 0 Å². The van der Waals surface area contributed by atoms with Crippen molar-refractivity contribution in [2.75, 3.05) is 13.2 Å². The van der Waals surface area contributed by atoms with E-state index in [-0.39, 0.29) is 11.3 Å². The second-order valence-electron chi connectivity index (χ2n) is 3.38. The van der Waals surface area contributed by atoms with Crippen LogP contribution in [0.5, 0.6) is 0 Å². The number of hydrogen-bond acceptors (Lipinski definition) is 3. The van der Waals surface area contributed by atoms with Gasteiger partial charge in [-0.1, -0.05) is 0 Å². The first-order chi connectivity index (χ1) is 5.75. The van der Waals surface area contributed by atoms with Crippen LogP contribution in [0.4, 0.5) is 0 Å². The number of rotatable bonds is 5. The van der Waals surface area contributed by atoms with Crippen molar-refractivity contribution in [1.29, 1.82) is 5.26 Å². The zero-order valence-corrected chi connectivity index (χ0v) is 7.67. The van der Waals surface area contributed by atoms with Crippen molar-refractivity contribution >= 4 is 0 Å². The zero-order valence-electron chi connectivity index (χ0n) is 7.67. The average molecular weight is 169 g/mol. The molecule has 0 radical (unpaired) electrons. The van der Waals surface area contributed by atoms with Crippen LogP contribution in [0.3, 0.4) is 0 Å². The summed E-state index contributed by atoms with van der Waals surface area (Å²) < 4.78 is 0. The summed E-state index contributed by atoms with van der Waals surface area (Å²) in [6, 6.07) is 2.26. The van der Waals surface area contributed by atoms with Gasteiger partial charge in [-0.3, -0.25) is 0 Å².